The topological polar surface area (TPSA) is 35.5 Å². The predicted octanol–water partition coefficient (Wildman–Crippen LogP) is 2.87. The lowest BCUT2D eigenvalue weighted by molar-refractivity contribution is 0.0216. The maximum atomic E-state index is 11.9. The number of aryl methyl sites for hydroxylation is 1. The van der Waals surface area contributed by atoms with Gasteiger partial charge in [0.15, 0.2) is 5.78 Å². The van der Waals surface area contributed by atoms with Crippen molar-refractivity contribution in [2.24, 2.45) is 5.92 Å². The van der Waals surface area contributed by atoms with Crippen molar-refractivity contribution < 1.29 is 14.3 Å². The van der Waals surface area contributed by atoms with Crippen LogP contribution in [0.25, 0.3) is 0 Å². The van der Waals surface area contributed by atoms with E-state index in [2.05, 4.69) is 6.92 Å². The Bertz CT molecular complexity index is 391. The van der Waals surface area contributed by atoms with Crippen molar-refractivity contribution in [2.45, 2.75) is 26.2 Å². The summed E-state index contributed by atoms with van der Waals surface area (Å²) in [5.41, 5.74) is 1.99. The Labute approximate surface area is 114 Å². The summed E-state index contributed by atoms with van der Waals surface area (Å²) < 4.78 is 10.8. The summed E-state index contributed by atoms with van der Waals surface area (Å²) in [6.07, 6.45) is 3.08. The third-order valence-corrected chi connectivity index (χ3v) is 3.61. The molecule has 3 heteroatoms. The summed E-state index contributed by atoms with van der Waals surface area (Å²) in [6, 6.07) is 7.79. The molecule has 0 aliphatic carbocycles. The summed E-state index contributed by atoms with van der Waals surface area (Å²) in [5.74, 6) is 0.610. The van der Waals surface area contributed by atoms with Gasteiger partial charge in [-0.3, -0.25) is 4.79 Å². The lowest BCUT2D eigenvalue weighted by Crippen LogP contribution is -2.21. The minimum atomic E-state index is 0.0645. The average Bonchev–Trinajstić information content (AvgIpc) is 2.48. The highest BCUT2D eigenvalue weighted by Crippen LogP contribution is 2.15. The van der Waals surface area contributed by atoms with Crippen molar-refractivity contribution in [2.75, 3.05) is 26.4 Å². The molecule has 104 valence electrons. The third-order valence-electron chi connectivity index (χ3n) is 3.61. The highest BCUT2D eigenvalue weighted by Gasteiger charge is 2.14. The smallest absolute Gasteiger partial charge is 0.188 e. The van der Waals surface area contributed by atoms with Crippen LogP contribution in [0.2, 0.25) is 0 Å². The zero-order valence-corrected chi connectivity index (χ0v) is 11.6. The highest BCUT2D eigenvalue weighted by atomic mass is 16.5. The molecular formula is C16H22O3. The molecule has 1 fully saturated rings. The second kappa shape index (κ2) is 7.41. The average molecular weight is 262 g/mol. The van der Waals surface area contributed by atoms with Crippen molar-refractivity contribution in [1.29, 1.82) is 0 Å². The first-order valence-electron chi connectivity index (χ1n) is 7.07. The lowest BCUT2D eigenvalue weighted by Gasteiger charge is -2.21. The SMILES string of the molecule is CCc1ccc(C(=O)COCC2CCOCC2)cc1. The van der Waals surface area contributed by atoms with Gasteiger partial charge in [-0.05, 0) is 30.7 Å². The van der Waals surface area contributed by atoms with Crippen molar-refractivity contribution in [3.63, 3.8) is 0 Å². The van der Waals surface area contributed by atoms with Crippen LogP contribution in [0, 0.1) is 5.92 Å². The van der Waals surface area contributed by atoms with E-state index in [9.17, 15) is 4.79 Å². The summed E-state index contributed by atoms with van der Waals surface area (Å²) in [6.45, 7) is 4.60. The minimum Gasteiger partial charge on any atom is -0.381 e. The van der Waals surface area contributed by atoms with Crippen LogP contribution in [0.1, 0.15) is 35.7 Å². The molecule has 1 aliphatic heterocycles. The zero-order chi connectivity index (χ0) is 13.5. The largest absolute Gasteiger partial charge is 0.381 e. The van der Waals surface area contributed by atoms with E-state index in [-0.39, 0.29) is 12.4 Å². The van der Waals surface area contributed by atoms with Gasteiger partial charge >= 0.3 is 0 Å². The standard InChI is InChI=1S/C16H22O3/c1-2-13-3-5-15(6-4-13)16(17)12-19-11-14-7-9-18-10-8-14/h3-6,14H,2,7-12H2,1H3. The van der Waals surface area contributed by atoms with Gasteiger partial charge in [-0.1, -0.05) is 31.2 Å². The lowest BCUT2D eigenvalue weighted by atomic mass is 10.0. The molecule has 0 unspecified atom stereocenters. The van der Waals surface area contributed by atoms with Crippen LogP contribution in [0.5, 0.6) is 0 Å². The van der Waals surface area contributed by atoms with Gasteiger partial charge in [-0.2, -0.15) is 0 Å². The summed E-state index contributed by atoms with van der Waals surface area (Å²) in [7, 11) is 0. The van der Waals surface area contributed by atoms with E-state index in [1.165, 1.54) is 5.56 Å². The first-order valence-corrected chi connectivity index (χ1v) is 7.07. The summed E-state index contributed by atoms with van der Waals surface area (Å²) in [5, 5.41) is 0. The third kappa shape index (κ3) is 4.44. The molecule has 0 bridgehead atoms. The Kier molecular flexibility index (Phi) is 5.55. The van der Waals surface area contributed by atoms with Gasteiger partial charge in [-0.25, -0.2) is 0 Å². The number of hydrogen-bond acceptors (Lipinski definition) is 3. The Morgan fingerprint density at radius 2 is 1.95 bits per heavy atom. The number of ketones is 1. The second-order valence-electron chi connectivity index (χ2n) is 5.04. The molecule has 19 heavy (non-hydrogen) atoms. The van der Waals surface area contributed by atoms with E-state index in [0.717, 1.165) is 38.0 Å². The molecular weight excluding hydrogens is 240 g/mol. The molecule has 0 saturated carbocycles. The van der Waals surface area contributed by atoms with Crippen LogP contribution < -0.4 is 0 Å². The molecule has 3 nitrogen and oxygen atoms in total. The van der Waals surface area contributed by atoms with Gasteiger partial charge < -0.3 is 9.47 Å². The fourth-order valence-corrected chi connectivity index (χ4v) is 2.24. The molecule has 2 rings (SSSR count). The van der Waals surface area contributed by atoms with E-state index in [0.29, 0.717) is 12.5 Å². The van der Waals surface area contributed by atoms with Gasteiger partial charge in [0.05, 0.1) is 6.61 Å². The fraction of sp³-hybridized carbons (Fsp3) is 0.562. The molecule has 1 saturated heterocycles. The number of ether oxygens (including phenoxy) is 2. The molecule has 1 heterocycles. The Morgan fingerprint density at radius 1 is 1.26 bits per heavy atom. The number of carbonyl (C=O) groups is 1. The minimum absolute atomic E-state index is 0.0645. The summed E-state index contributed by atoms with van der Waals surface area (Å²) >= 11 is 0. The van der Waals surface area contributed by atoms with Gasteiger partial charge in [0.2, 0.25) is 0 Å². The van der Waals surface area contributed by atoms with Crippen LogP contribution in [-0.2, 0) is 15.9 Å². The van der Waals surface area contributed by atoms with Crippen LogP contribution in [0.3, 0.4) is 0 Å². The Morgan fingerprint density at radius 3 is 2.58 bits per heavy atom. The monoisotopic (exact) mass is 262 g/mol. The van der Waals surface area contributed by atoms with Crippen molar-refractivity contribution in [3.8, 4) is 0 Å². The first-order chi connectivity index (χ1) is 9.29. The van der Waals surface area contributed by atoms with E-state index in [1.807, 2.05) is 24.3 Å². The maximum absolute atomic E-state index is 11.9. The number of benzene rings is 1. The Hall–Kier alpha value is -1.19. The number of carbonyl (C=O) groups excluding carboxylic acids is 1. The van der Waals surface area contributed by atoms with Gasteiger partial charge in [0.25, 0.3) is 0 Å². The zero-order valence-electron chi connectivity index (χ0n) is 11.6. The van der Waals surface area contributed by atoms with Crippen LogP contribution in [-0.4, -0.2) is 32.2 Å². The number of rotatable bonds is 6. The normalized spacial score (nSPS) is 16.5. The molecule has 0 amide bonds. The maximum Gasteiger partial charge on any atom is 0.188 e. The molecule has 0 N–H and O–H groups in total. The number of Topliss-reactive ketones (excluding diaryl/α,β-unsaturated/α-hetero) is 1. The van der Waals surface area contributed by atoms with Crippen molar-refractivity contribution >= 4 is 5.78 Å². The van der Waals surface area contributed by atoms with Crippen molar-refractivity contribution in [3.05, 3.63) is 35.4 Å². The summed E-state index contributed by atoms with van der Waals surface area (Å²) in [4.78, 5) is 11.9. The molecule has 0 spiro atoms. The molecule has 1 aromatic rings. The quantitative estimate of drug-likeness (QED) is 0.739. The van der Waals surface area contributed by atoms with Crippen LogP contribution >= 0.6 is 0 Å². The van der Waals surface area contributed by atoms with Gasteiger partial charge in [-0.15, -0.1) is 0 Å². The van der Waals surface area contributed by atoms with E-state index >= 15 is 0 Å². The Balaban J connectivity index is 1.73. The van der Waals surface area contributed by atoms with Crippen LogP contribution in [0.4, 0.5) is 0 Å². The molecule has 1 aromatic carbocycles. The predicted molar refractivity (Wildman–Crippen MR) is 74.5 cm³/mol. The van der Waals surface area contributed by atoms with Crippen LogP contribution in [0.15, 0.2) is 24.3 Å². The molecule has 0 aromatic heterocycles. The number of hydrogen-bond donors (Lipinski definition) is 0. The van der Waals surface area contributed by atoms with E-state index in [4.69, 9.17) is 9.47 Å². The first kappa shape index (κ1) is 14.2. The van der Waals surface area contributed by atoms with Gasteiger partial charge in [0.1, 0.15) is 6.61 Å². The van der Waals surface area contributed by atoms with Crippen molar-refractivity contribution in [1.82, 2.24) is 0 Å². The molecule has 0 radical (unpaired) electrons. The second-order valence-corrected chi connectivity index (χ2v) is 5.04. The van der Waals surface area contributed by atoms with E-state index < -0.39 is 0 Å². The fourth-order valence-electron chi connectivity index (χ4n) is 2.24. The molecule has 0 atom stereocenters. The highest BCUT2D eigenvalue weighted by molar-refractivity contribution is 5.97. The molecule has 1 aliphatic rings. The van der Waals surface area contributed by atoms with E-state index in [1.54, 1.807) is 0 Å². The van der Waals surface area contributed by atoms with Gasteiger partial charge in [0, 0.05) is 18.8 Å².